The fraction of sp³-hybridized carbons (Fsp3) is 0.286. The Morgan fingerprint density at radius 1 is 1.25 bits per heavy atom. The van der Waals surface area contributed by atoms with Gasteiger partial charge in [0.1, 0.15) is 5.75 Å². The zero-order chi connectivity index (χ0) is 11.2. The second kappa shape index (κ2) is 5.40. The molecule has 2 nitrogen and oxygen atoms in total. The number of hydrogen-bond acceptors (Lipinski definition) is 2. The van der Waals surface area contributed by atoms with Gasteiger partial charge in [-0.3, -0.25) is 0 Å². The van der Waals surface area contributed by atoms with E-state index < -0.39 is 0 Å². The topological polar surface area (TPSA) is 21.3 Å². The van der Waals surface area contributed by atoms with E-state index in [0.717, 1.165) is 17.9 Å². The molecule has 0 atom stereocenters. The number of anilines is 1. The Balaban J connectivity index is 2.10. The lowest BCUT2D eigenvalue weighted by atomic mass is 10.2. The standard InChI is InChI=1S/C14H17NO/c1-16-14-10-6-9-13(11-14)15-12-7-4-2-3-5-8-12/h4,6-11,15H,2-3,5H2,1H3. The highest BCUT2D eigenvalue weighted by molar-refractivity contribution is 5.54. The van der Waals surface area contributed by atoms with Crippen molar-refractivity contribution >= 4 is 5.69 Å². The van der Waals surface area contributed by atoms with Crippen LogP contribution >= 0.6 is 0 Å². The van der Waals surface area contributed by atoms with Crippen LogP contribution in [0.15, 0.2) is 48.2 Å². The zero-order valence-corrected chi connectivity index (χ0v) is 9.57. The Bertz CT molecular complexity index is 407. The zero-order valence-electron chi connectivity index (χ0n) is 9.57. The maximum absolute atomic E-state index is 5.19. The van der Waals surface area contributed by atoms with Crippen LogP contribution < -0.4 is 10.1 Å². The molecule has 1 N–H and O–H groups in total. The Morgan fingerprint density at radius 2 is 2.19 bits per heavy atom. The van der Waals surface area contributed by atoms with Crippen LogP contribution in [-0.4, -0.2) is 7.11 Å². The Labute approximate surface area is 96.6 Å². The Hall–Kier alpha value is -1.70. The molecule has 0 heterocycles. The summed E-state index contributed by atoms with van der Waals surface area (Å²) >= 11 is 0. The van der Waals surface area contributed by atoms with Crippen LogP contribution in [0.25, 0.3) is 0 Å². The van der Waals surface area contributed by atoms with Gasteiger partial charge < -0.3 is 10.1 Å². The molecule has 0 aliphatic heterocycles. The lowest BCUT2D eigenvalue weighted by Crippen LogP contribution is -1.96. The van der Waals surface area contributed by atoms with E-state index >= 15 is 0 Å². The summed E-state index contributed by atoms with van der Waals surface area (Å²) in [7, 11) is 1.68. The van der Waals surface area contributed by atoms with Crippen molar-refractivity contribution in [2.24, 2.45) is 0 Å². The van der Waals surface area contributed by atoms with Gasteiger partial charge in [0.15, 0.2) is 0 Å². The average molecular weight is 215 g/mol. The first-order valence-corrected chi connectivity index (χ1v) is 5.66. The number of nitrogens with one attached hydrogen (secondary N) is 1. The number of hydrogen-bond donors (Lipinski definition) is 1. The minimum Gasteiger partial charge on any atom is -0.497 e. The van der Waals surface area contributed by atoms with Crippen LogP contribution in [0.1, 0.15) is 19.3 Å². The van der Waals surface area contributed by atoms with Crippen molar-refractivity contribution in [2.75, 3.05) is 12.4 Å². The number of methoxy groups -OCH3 is 1. The van der Waals surface area contributed by atoms with Gasteiger partial charge in [0.2, 0.25) is 0 Å². The minimum absolute atomic E-state index is 0.878. The molecule has 84 valence electrons. The third-order valence-electron chi connectivity index (χ3n) is 2.59. The highest BCUT2D eigenvalue weighted by atomic mass is 16.5. The molecular formula is C14H17NO. The van der Waals surface area contributed by atoms with Crippen molar-refractivity contribution in [3.05, 3.63) is 48.2 Å². The van der Waals surface area contributed by atoms with E-state index in [4.69, 9.17) is 4.74 Å². The van der Waals surface area contributed by atoms with Gasteiger partial charge in [-0.25, -0.2) is 0 Å². The van der Waals surface area contributed by atoms with Crippen molar-refractivity contribution in [3.63, 3.8) is 0 Å². The molecule has 1 aromatic carbocycles. The molecule has 16 heavy (non-hydrogen) atoms. The summed E-state index contributed by atoms with van der Waals surface area (Å²) in [5, 5.41) is 3.39. The van der Waals surface area contributed by atoms with Crippen molar-refractivity contribution in [1.29, 1.82) is 0 Å². The summed E-state index contributed by atoms with van der Waals surface area (Å²) in [5.74, 6) is 0.878. The molecule has 0 unspecified atom stereocenters. The van der Waals surface area contributed by atoms with E-state index in [2.05, 4.69) is 23.5 Å². The van der Waals surface area contributed by atoms with E-state index in [1.54, 1.807) is 7.11 Å². The first-order valence-electron chi connectivity index (χ1n) is 5.66. The Morgan fingerprint density at radius 3 is 3.06 bits per heavy atom. The summed E-state index contributed by atoms with van der Waals surface area (Å²) in [6.45, 7) is 0. The fourth-order valence-corrected chi connectivity index (χ4v) is 1.73. The summed E-state index contributed by atoms with van der Waals surface area (Å²) in [4.78, 5) is 0. The second-order valence-corrected chi connectivity index (χ2v) is 3.85. The maximum atomic E-state index is 5.19. The molecule has 0 spiro atoms. The summed E-state index contributed by atoms with van der Waals surface area (Å²) in [6.07, 6.45) is 10.1. The van der Waals surface area contributed by atoms with Crippen molar-refractivity contribution < 1.29 is 4.74 Å². The molecule has 2 rings (SSSR count). The van der Waals surface area contributed by atoms with Crippen LogP contribution in [0.4, 0.5) is 5.69 Å². The Kier molecular flexibility index (Phi) is 3.65. The molecule has 0 saturated carbocycles. The van der Waals surface area contributed by atoms with Gasteiger partial charge in [0.05, 0.1) is 7.11 Å². The van der Waals surface area contributed by atoms with Gasteiger partial charge in [-0.2, -0.15) is 0 Å². The first kappa shape index (κ1) is 10.8. The van der Waals surface area contributed by atoms with Gasteiger partial charge >= 0.3 is 0 Å². The number of rotatable bonds is 3. The average Bonchev–Trinajstić information content (AvgIpc) is 2.58. The third kappa shape index (κ3) is 2.89. The molecule has 0 radical (unpaired) electrons. The van der Waals surface area contributed by atoms with E-state index in [1.807, 2.05) is 24.3 Å². The van der Waals surface area contributed by atoms with Gasteiger partial charge in [-0.1, -0.05) is 18.2 Å². The van der Waals surface area contributed by atoms with E-state index in [0.29, 0.717) is 0 Å². The van der Waals surface area contributed by atoms with Gasteiger partial charge in [-0.05, 0) is 37.5 Å². The first-order chi connectivity index (χ1) is 7.88. The lowest BCUT2D eigenvalue weighted by Gasteiger charge is -2.08. The van der Waals surface area contributed by atoms with Crippen LogP contribution in [-0.2, 0) is 0 Å². The molecule has 1 aliphatic rings. The minimum atomic E-state index is 0.878. The summed E-state index contributed by atoms with van der Waals surface area (Å²) in [6, 6.07) is 7.98. The molecule has 2 heteroatoms. The van der Waals surface area contributed by atoms with Gasteiger partial charge in [0, 0.05) is 17.5 Å². The van der Waals surface area contributed by atoms with Crippen LogP contribution in [0.2, 0.25) is 0 Å². The highest BCUT2D eigenvalue weighted by Gasteiger charge is 1.99. The molecule has 1 aromatic rings. The molecule has 0 aromatic heterocycles. The van der Waals surface area contributed by atoms with Crippen molar-refractivity contribution in [2.45, 2.75) is 19.3 Å². The molecule has 0 fully saturated rings. The quantitative estimate of drug-likeness (QED) is 0.829. The number of ether oxygens (including phenoxy) is 1. The van der Waals surface area contributed by atoms with Gasteiger partial charge in [0.25, 0.3) is 0 Å². The largest absolute Gasteiger partial charge is 0.497 e. The van der Waals surface area contributed by atoms with E-state index in [1.165, 1.54) is 18.5 Å². The van der Waals surface area contributed by atoms with E-state index in [9.17, 15) is 0 Å². The SMILES string of the molecule is COc1cccc(NC2=CCCCC=C2)c1. The maximum Gasteiger partial charge on any atom is 0.120 e. The lowest BCUT2D eigenvalue weighted by molar-refractivity contribution is 0.415. The molecular weight excluding hydrogens is 198 g/mol. The smallest absolute Gasteiger partial charge is 0.120 e. The van der Waals surface area contributed by atoms with Crippen LogP contribution in [0, 0.1) is 0 Å². The predicted molar refractivity (Wildman–Crippen MR) is 67.7 cm³/mol. The summed E-state index contributed by atoms with van der Waals surface area (Å²) in [5.41, 5.74) is 2.24. The second-order valence-electron chi connectivity index (χ2n) is 3.85. The fourth-order valence-electron chi connectivity index (χ4n) is 1.73. The predicted octanol–water partition coefficient (Wildman–Crippen LogP) is 3.73. The molecule has 0 bridgehead atoms. The molecule has 0 amide bonds. The summed E-state index contributed by atoms with van der Waals surface area (Å²) < 4.78 is 5.19. The van der Waals surface area contributed by atoms with Crippen LogP contribution in [0.3, 0.4) is 0 Å². The van der Waals surface area contributed by atoms with Crippen LogP contribution in [0.5, 0.6) is 5.75 Å². The highest BCUT2D eigenvalue weighted by Crippen LogP contribution is 2.19. The third-order valence-corrected chi connectivity index (χ3v) is 2.59. The van der Waals surface area contributed by atoms with Crippen molar-refractivity contribution in [3.8, 4) is 5.75 Å². The monoisotopic (exact) mass is 215 g/mol. The van der Waals surface area contributed by atoms with E-state index in [-0.39, 0.29) is 0 Å². The number of allylic oxidation sites excluding steroid dienone is 3. The van der Waals surface area contributed by atoms with Crippen molar-refractivity contribution in [1.82, 2.24) is 0 Å². The van der Waals surface area contributed by atoms with Gasteiger partial charge in [-0.15, -0.1) is 0 Å². The number of benzene rings is 1. The molecule has 1 aliphatic carbocycles. The normalized spacial score (nSPS) is 15.2. The molecule has 0 saturated heterocycles.